The van der Waals surface area contributed by atoms with Crippen LogP contribution >= 0.6 is 0 Å². The summed E-state index contributed by atoms with van der Waals surface area (Å²) in [7, 11) is 1.77. The second-order valence-corrected chi connectivity index (χ2v) is 11.2. The van der Waals surface area contributed by atoms with Crippen LogP contribution in [0.5, 0.6) is 0 Å². The highest BCUT2D eigenvalue weighted by Crippen LogP contribution is 2.09. The molecule has 33 heavy (non-hydrogen) atoms. The molecular weight excluding hydrogens is 412 g/mol. The average molecular weight is 471 g/mol. The SMILES string of the molecule is CC(C)CN1CCCC1.CC(C)CN1CCOCC1.COCCN1CCN(CC(C)C)CC1. The summed E-state index contributed by atoms with van der Waals surface area (Å²) in [6.45, 7) is 31.1. The molecule has 0 amide bonds. The van der Waals surface area contributed by atoms with Gasteiger partial charge in [-0.05, 0) is 43.7 Å². The molecule has 3 rings (SSSR count). The second kappa shape index (κ2) is 19.0. The van der Waals surface area contributed by atoms with Crippen LogP contribution in [0, 0.1) is 17.8 Å². The van der Waals surface area contributed by atoms with Crippen LogP contribution in [0.15, 0.2) is 0 Å². The van der Waals surface area contributed by atoms with Gasteiger partial charge in [0.25, 0.3) is 0 Å². The first kappa shape index (κ1) is 30.8. The Morgan fingerprint density at radius 3 is 1.39 bits per heavy atom. The van der Waals surface area contributed by atoms with Gasteiger partial charge >= 0.3 is 0 Å². The van der Waals surface area contributed by atoms with Gasteiger partial charge in [-0.2, -0.15) is 0 Å². The Labute approximate surface area is 206 Å². The molecule has 0 saturated carbocycles. The van der Waals surface area contributed by atoms with Crippen LogP contribution in [0.2, 0.25) is 0 Å². The Bertz CT molecular complexity index is 428. The van der Waals surface area contributed by atoms with Gasteiger partial charge in [-0.3, -0.25) is 9.80 Å². The monoisotopic (exact) mass is 470 g/mol. The van der Waals surface area contributed by atoms with E-state index in [1.807, 2.05) is 0 Å². The number of ether oxygens (including phenoxy) is 2. The van der Waals surface area contributed by atoms with E-state index in [4.69, 9.17) is 9.47 Å². The molecule has 3 heterocycles. The third kappa shape index (κ3) is 16.9. The van der Waals surface area contributed by atoms with Crippen molar-refractivity contribution in [2.75, 3.05) is 105 Å². The van der Waals surface area contributed by atoms with Gasteiger partial charge in [-0.1, -0.05) is 41.5 Å². The average Bonchev–Trinajstić information content (AvgIpc) is 3.26. The van der Waals surface area contributed by atoms with E-state index >= 15 is 0 Å². The predicted octanol–water partition coefficient (Wildman–Crippen LogP) is 3.62. The lowest BCUT2D eigenvalue weighted by molar-refractivity contribution is 0.0329. The van der Waals surface area contributed by atoms with E-state index in [-0.39, 0.29) is 0 Å². The van der Waals surface area contributed by atoms with Crippen molar-refractivity contribution in [2.45, 2.75) is 54.4 Å². The molecule has 6 nitrogen and oxygen atoms in total. The normalized spacial score (nSPS) is 21.3. The van der Waals surface area contributed by atoms with Crippen LogP contribution in [-0.4, -0.2) is 125 Å². The zero-order valence-corrected chi connectivity index (χ0v) is 23.4. The molecule has 3 aliphatic heterocycles. The third-order valence-corrected chi connectivity index (χ3v) is 6.25. The summed E-state index contributed by atoms with van der Waals surface area (Å²) in [4.78, 5) is 10.1. The van der Waals surface area contributed by atoms with Crippen molar-refractivity contribution in [3.05, 3.63) is 0 Å². The van der Waals surface area contributed by atoms with Gasteiger partial charge in [0.15, 0.2) is 0 Å². The fraction of sp³-hybridized carbons (Fsp3) is 1.00. The Kier molecular flexibility index (Phi) is 17.7. The standard InChI is InChI=1S/C11H24N2O.C8H17NO.C8H17N/c1-11(2)10-13-6-4-12(5-7-13)8-9-14-3;1-8(2)7-9-3-5-10-6-4-9;1-8(2)7-9-5-3-4-6-9/h11H,4-10H2,1-3H3;8H,3-7H2,1-2H3;8H,3-7H2,1-2H3. The molecule has 0 spiro atoms. The predicted molar refractivity (Wildman–Crippen MR) is 142 cm³/mol. The van der Waals surface area contributed by atoms with Crippen LogP contribution in [-0.2, 0) is 9.47 Å². The largest absolute Gasteiger partial charge is 0.383 e. The summed E-state index contributed by atoms with van der Waals surface area (Å²) in [5.74, 6) is 2.43. The molecule has 0 N–H and O–H groups in total. The number of hydrogen-bond donors (Lipinski definition) is 0. The minimum atomic E-state index is 0.790. The number of morpholine rings is 1. The fourth-order valence-corrected chi connectivity index (χ4v) is 4.71. The molecule has 0 aromatic rings. The molecule has 198 valence electrons. The zero-order valence-electron chi connectivity index (χ0n) is 23.4. The Morgan fingerprint density at radius 1 is 0.576 bits per heavy atom. The maximum Gasteiger partial charge on any atom is 0.0594 e. The molecule has 0 atom stereocenters. The van der Waals surface area contributed by atoms with E-state index in [0.717, 1.165) is 57.2 Å². The van der Waals surface area contributed by atoms with Crippen LogP contribution in [0.3, 0.4) is 0 Å². The van der Waals surface area contributed by atoms with Gasteiger partial charge in [0.1, 0.15) is 0 Å². The van der Waals surface area contributed by atoms with Crippen molar-refractivity contribution in [2.24, 2.45) is 17.8 Å². The topological polar surface area (TPSA) is 31.4 Å². The Morgan fingerprint density at radius 2 is 0.970 bits per heavy atom. The lowest BCUT2D eigenvalue weighted by atomic mass is 10.2. The van der Waals surface area contributed by atoms with Gasteiger partial charge in [-0.25, -0.2) is 0 Å². The van der Waals surface area contributed by atoms with Crippen LogP contribution in [0.4, 0.5) is 0 Å². The smallest absolute Gasteiger partial charge is 0.0594 e. The summed E-state index contributed by atoms with van der Waals surface area (Å²) in [5, 5.41) is 0. The van der Waals surface area contributed by atoms with E-state index in [9.17, 15) is 0 Å². The summed E-state index contributed by atoms with van der Waals surface area (Å²) < 4.78 is 10.3. The van der Waals surface area contributed by atoms with Crippen LogP contribution in [0.1, 0.15) is 54.4 Å². The highest BCUT2D eigenvalue weighted by atomic mass is 16.5. The Hall–Kier alpha value is -0.240. The van der Waals surface area contributed by atoms with Crippen molar-refractivity contribution in [3.8, 4) is 0 Å². The number of likely N-dealkylation sites (tertiary alicyclic amines) is 1. The molecule has 3 fully saturated rings. The zero-order chi connectivity index (χ0) is 24.5. The van der Waals surface area contributed by atoms with Crippen molar-refractivity contribution in [3.63, 3.8) is 0 Å². The van der Waals surface area contributed by atoms with Crippen LogP contribution < -0.4 is 0 Å². The minimum Gasteiger partial charge on any atom is -0.383 e. The lowest BCUT2D eigenvalue weighted by Crippen LogP contribution is -2.48. The summed E-state index contributed by atoms with van der Waals surface area (Å²) in [5.41, 5.74) is 0. The first-order valence-corrected chi connectivity index (χ1v) is 13.8. The quantitative estimate of drug-likeness (QED) is 0.512. The van der Waals surface area contributed by atoms with Gasteiger partial charge in [0.05, 0.1) is 19.8 Å². The molecule has 6 heteroatoms. The van der Waals surface area contributed by atoms with E-state index in [2.05, 4.69) is 61.1 Å². The van der Waals surface area contributed by atoms with E-state index in [1.54, 1.807) is 7.11 Å². The number of piperazine rings is 1. The maximum atomic E-state index is 5.24. The van der Waals surface area contributed by atoms with Gasteiger partial charge in [-0.15, -0.1) is 0 Å². The molecule has 3 saturated heterocycles. The van der Waals surface area contributed by atoms with E-state index in [0.29, 0.717) is 0 Å². The van der Waals surface area contributed by atoms with Gasteiger partial charge in [0.2, 0.25) is 0 Å². The van der Waals surface area contributed by atoms with Crippen molar-refractivity contribution in [1.29, 1.82) is 0 Å². The summed E-state index contributed by atoms with van der Waals surface area (Å²) in [6, 6.07) is 0. The first-order valence-electron chi connectivity index (χ1n) is 13.8. The van der Waals surface area contributed by atoms with Gasteiger partial charge < -0.3 is 19.3 Å². The second-order valence-electron chi connectivity index (χ2n) is 11.2. The fourth-order valence-electron chi connectivity index (χ4n) is 4.71. The molecule has 0 unspecified atom stereocenters. The molecule has 3 aliphatic rings. The summed E-state index contributed by atoms with van der Waals surface area (Å²) >= 11 is 0. The maximum absolute atomic E-state index is 5.24. The van der Waals surface area contributed by atoms with Crippen molar-refractivity contribution < 1.29 is 9.47 Å². The molecule has 0 aromatic carbocycles. The molecule has 0 radical (unpaired) electrons. The molecule has 0 aliphatic carbocycles. The van der Waals surface area contributed by atoms with Crippen molar-refractivity contribution in [1.82, 2.24) is 19.6 Å². The number of rotatable bonds is 9. The first-order chi connectivity index (χ1) is 15.8. The number of nitrogens with zero attached hydrogens (tertiary/aromatic N) is 4. The third-order valence-electron chi connectivity index (χ3n) is 6.25. The molecular formula is C27H58N4O2. The highest BCUT2D eigenvalue weighted by Gasteiger charge is 2.16. The van der Waals surface area contributed by atoms with Crippen LogP contribution in [0.25, 0.3) is 0 Å². The van der Waals surface area contributed by atoms with E-state index < -0.39 is 0 Å². The Balaban J connectivity index is 0.000000255. The summed E-state index contributed by atoms with van der Waals surface area (Å²) in [6.07, 6.45) is 2.85. The number of hydrogen-bond acceptors (Lipinski definition) is 6. The number of methoxy groups -OCH3 is 1. The minimum absolute atomic E-state index is 0.790. The molecule has 0 aromatic heterocycles. The molecule has 0 bridgehead atoms. The lowest BCUT2D eigenvalue weighted by Gasteiger charge is -2.35. The highest BCUT2D eigenvalue weighted by molar-refractivity contribution is 4.72. The van der Waals surface area contributed by atoms with Gasteiger partial charge in [0, 0.05) is 72.6 Å². The van der Waals surface area contributed by atoms with Crippen molar-refractivity contribution >= 4 is 0 Å². The van der Waals surface area contributed by atoms with E-state index in [1.165, 1.54) is 71.7 Å².